The quantitative estimate of drug-likeness (QED) is 0.451. The highest BCUT2D eigenvalue weighted by Gasteiger charge is 2.15. The zero-order valence-corrected chi connectivity index (χ0v) is 16.9. The van der Waals surface area contributed by atoms with Crippen molar-refractivity contribution in [3.63, 3.8) is 0 Å². The van der Waals surface area contributed by atoms with Crippen LogP contribution in [0.4, 0.5) is 0 Å². The largest absolute Gasteiger partial charge is 0.469 e. The van der Waals surface area contributed by atoms with Crippen LogP contribution in [0.1, 0.15) is 55.3 Å². The summed E-state index contributed by atoms with van der Waals surface area (Å²) < 4.78 is 21.5. The summed E-state index contributed by atoms with van der Waals surface area (Å²) >= 11 is 0. The molecule has 1 heterocycles. The lowest BCUT2D eigenvalue weighted by atomic mass is 10.1. The first kappa shape index (κ1) is 21.1. The SMILES string of the molecule is COC(=O)CCCCCOC(=O)c1ccc2cc(OC3CCCCO3)ccc2c1. The van der Waals surface area contributed by atoms with E-state index in [9.17, 15) is 9.59 Å². The first-order valence-electron chi connectivity index (χ1n) is 10.2. The van der Waals surface area contributed by atoms with Crippen LogP contribution in [0.2, 0.25) is 0 Å². The predicted octanol–water partition coefficient (Wildman–Crippen LogP) is 4.64. The summed E-state index contributed by atoms with van der Waals surface area (Å²) in [6.07, 6.45) is 5.60. The molecular formula is C23H28O6. The Balaban J connectivity index is 1.49. The molecule has 0 saturated carbocycles. The first-order valence-corrected chi connectivity index (χ1v) is 10.2. The van der Waals surface area contributed by atoms with Crippen LogP contribution in [0.15, 0.2) is 36.4 Å². The summed E-state index contributed by atoms with van der Waals surface area (Å²) in [6.45, 7) is 1.08. The van der Waals surface area contributed by atoms with Crippen molar-refractivity contribution in [2.75, 3.05) is 20.3 Å². The summed E-state index contributed by atoms with van der Waals surface area (Å²) in [5.74, 6) is 0.223. The molecule has 0 amide bonds. The smallest absolute Gasteiger partial charge is 0.338 e. The van der Waals surface area contributed by atoms with Crippen molar-refractivity contribution in [2.45, 2.75) is 51.2 Å². The summed E-state index contributed by atoms with van der Waals surface area (Å²) in [4.78, 5) is 23.3. The van der Waals surface area contributed by atoms with Gasteiger partial charge in [-0.1, -0.05) is 12.1 Å². The number of benzene rings is 2. The van der Waals surface area contributed by atoms with Gasteiger partial charge in [0.05, 0.1) is 25.9 Å². The molecule has 0 aliphatic carbocycles. The summed E-state index contributed by atoms with van der Waals surface area (Å²) in [6, 6.07) is 11.3. The second-order valence-corrected chi connectivity index (χ2v) is 7.16. The van der Waals surface area contributed by atoms with E-state index in [2.05, 4.69) is 4.74 Å². The van der Waals surface area contributed by atoms with Crippen LogP contribution in [0, 0.1) is 0 Å². The molecule has 156 valence electrons. The third-order valence-electron chi connectivity index (χ3n) is 4.94. The van der Waals surface area contributed by atoms with E-state index in [0.29, 0.717) is 18.6 Å². The maximum absolute atomic E-state index is 12.3. The van der Waals surface area contributed by atoms with Crippen molar-refractivity contribution < 1.29 is 28.5 Å². The third-order valence-corrected chi connectivity index (χ3v) is 4.94. The predicted molar refractivity (Wildman–Crippen MR) is 109 cm³/mol. The summed E-state index contributed by atoms with van der Waals surface area (Å²) in [5.41, 5.74) is 0.524. The molecule has 2 aromatic rings. The Kier molecular flexibility index (Phi) is 7.87. The van der Waals surface area contributed by atoms with Crippen LogP contribution in [-0.2, 0) is 19.0 Å². The average molecular weight is 400 g/mol. The number of hydrogen-bond acceptors (Lipinski definition) is 6. The van der Waals surface area contributed by atoms with Gasteiger partial charge in [-0.05, 0) is 67.1 Å². The van der Waals surface area contributed by atoms with Gasteiger partial charge in [0.15, 0.2) is 6.29 Å². The lowest BCUT2D eigenvalue weighted by Gasteiger charge is -2.23. The van der Waals surface area contributed by atoms with E-state index in [1.54, 1.807) is 6.07 Å². The van der Waals surface area contributed by atoms with E-state index < -0.39 is 0 Å². The van der Waals surface area contributed by atoms with Gasteiger partial charge in [0, 0.05) is 12.8 Å². The lowest BCUT2D eigenvalue weighted by Crippen LogP contribution is -2.24. The van der Waals surface area contributed by atoms with E-state index in [1.165, 1.54) is 7.11 Å². The third kappa shape index (κ3) is 6.46. The van der Waals surface area contributed by atoms with Gasteiger partial charge >= 0.3 is 11.9 Å². The molecule has 1 aliphatic heterocycles. The van der Waals surface area contributed by atoms with Crippen molar-refractivity contribution in [3.8, 4) is 5.75 Å². The number of methoxy groups -OCH3 is 1. The molecule has 6 nitrogen and oxygen atoms in total. The average Bonchev–Trinajstić information content (AvgIpc) is 2.76. The fourth-order valence-electron chi connectivity index (χ4n) is 3.28. The van der Waals surface area contributed by atoms with Crippen LogP contribution in [-0.4, -0.2) is 38.6 Å². The monoisotopic (exact) mass is 400 g/mol. The van der Waals surface area contributed by atoms with Gasteiger partial charge in [-0.25, -0.2) is 4.79 Å². The van der Waals surface area contributed by atoms with Crippen molar-refractivity contribution in [1.29, 1.82) is 0 Å². The number of carbonyl (C=O) groups is 2. The number of esters is 2. The first-order chi connectivity index (χ1) is 14.2. The van der Waals surface area contributed by atoms with E-state index >= 15 is 0 Å². The van der Waals surface area contributed by atoms with Gasteiger partial charge in [-0.3, -0.25) is 4.79 Å². The number of carbonyl (C=O) groups excluding carboxylic acids is 2. The van der Waals surface area contributed by atoms with Crippen LogP contribution in [0.25, 0.3) is 10.8 Å². The van der Waals surface area contributed by atoms with Crippen LogP contribution < -0.4 is 4.74 Å². The molecule has 0 spiro atoms. The second-order valence-electron chi connectivity index (χ2n) is 7.16. The minimum atomic E-state index is -0.337. The Hall–Kier alpha value is -2.60. The van der Waals surface area contributed by atoms with Crippen molar-refractivity contribution in [3.05, 3.63) is 42.0 Å². The molecule has 6 heteroatoms. The van der Waals surface area contributed by atoms with E-state index in [0.717, 1.165) is 61.7 Å². The number of rotatable bonds is 9. The maximum Gasteiger partial charge on any atom is 0.338 e. The topological polar surface area (TPSA) is 71.1 Å². The van der Waals surface area contributed by atoms with Crippen LogP contribution >= 0.6 is 0 Å². The van der Waals surface area contributed by atoms with Crippen molar-refractivity contribution in [2.24, 2.45) is 0 Å². The lowest BCUT2D eigenvalue weighted by molar-refractivity contribution is -0.140. The Labute approximate surface area is 171 Å². The Morgan fingerprint density at radius 1 is 1.03 bits per heavy atom. The summed E-state index contributed by atoms with van der Waals surface area (Å²) in [7, 11) is 1.38. The standard InChI is InChI=1S/C23H28O6/c1-26-21(24)7-3-2-5-14-28-23(25)19-10-9-18-16-20(12-11-17(18)15-19)29-22-8-4-6-13-27-22/h9-12,15-16,22H,2-8,13-14H2,1H3. The molecule has 1 unspecified atom stereocenters. The highest BCUT2D eigenvalue weighted by molar-refractivity contribution is 5.95. The molecule has 1 aliphatic rings. The fourth-order valence-corrected chi connectivity index (χ4v) is 3.28. The van der Waals surface area contributed by atoms with Crippen molar-refractivity contribution in [1.82, 2.24) is 0 Å². The molecular weight excluding hydrogens is 372 g/mol. The molecule has 0 N–H and O–H groups in total. The number of fused-ring (bicyclic) bond motifs is 1. The highest BCUT2D eigenvalue weighted by atomic mass is 16.7. The van der Waals surface area contributed by atoms with Gasteiger partial charge in [0.1, 0.15) is 5.75 Å². The van der Waals surface area contributed by atoms with E-state index in [1.807, 2.05) is 30.3 Å². The zero-order valence-electron chi connectivity index (χ0n) is 16.9. The number of unbranched alkanes of at least 4 members (excludes halogenated alkanes) is 2. The molecule has 1 fully saturated rings. The number of ether oxygens (including phenoxy) is 4. The molecule has 1 saturated heterocycles. The van der Waals surface area contributed by atoms with Gasteiger partial charge in [-0.2, -0.15) is 0 Å². The zero-order chi connectivity index (χ0) is 20.5. The second kappa shape index (κ2) is 10.8. The minimum Gasteiger partial charge on any atom is -0.469 e. The number of hydrogen-bond donors (Lipinski definition) is 0. The fraction of sp³-hybridized carbons (Fsp3) is 0.478. The Bertz CT molecular complexity index is 825. The van der Waals surface area contributed by atoms with Gasteiger partial charge < -0.3 is 18.9 Å². The minimum absolute atomic E-state index is 0.178. The molecule has 1 atom stereocenters. The highest BCUT2D eigenvalue weighted by Crippen LogP contribution is 2.25. The molecule has 3 rings (SSSR count). The maximum atomic E-state index is 12.3. The summed E-state index contributed by atoms with van der Waals surface area (Å²) in [5, 5.41) is 1.95. The van der Waals surface area contributed by atoms with Crippen LogP contribution in [0.3, 0.4) is 0 Å². The Morgan fingerprint density at radius 3 is 2.66 bits per heavy atom. The normalized spacial score (nSPS) is 16.4. The van der Waals surface area contributed by atoms with Gasteiger partial charge in [0.2, 0.25) is 0 Å². The van der Waals surface area contributed by atoms with Gasteiger partial charge in [-0.15, -0.1) is 0 Å². The molecule has 0 radical (unpaired) electrons. The van der Waals surface area contributed by atoms with Crippen molar-refractivity contribution >= 4 is 22.7 Å². The molecule has 2 aromatic carbocycles. The van der Waals surface area contributed by atoms with Gasteiger partial charge in [0.25, 0.3) is 0 Å². The van der Waals surface area contributed by atoms with Crippen LogP contribution in [0.5, 0.6) is 5.75 Å². The molecule has 0 bridgehead atoms. The Morgan fingerprint density at radius 2 is 1.86 bits per heavy atom. The molecule has 29 heavy (non-hydrogen) atoms. The molecule has 0 aromatic heterocycles. The van der Waals surface area contributed by atoms with E-state index in [4.69, 9.17) is 14.2 Å². The van der Waals surface area contributed by atoms with E-state index in [-0.39, 0.29) is 18.2 Å².